The molecule has 0 radical (unpaired) electrons. The molecule has 2 rings (SSSR count). The van der Waals surface area contributed by atoms with Crippen LogP contribution in [-0.2, 0) is 19.3 Å². The lowest BCUT2D eigenvalue weighted by Crippen LogP contribution is -2.38. The second-order valence-electron chi connectivity index (χ2n) is 4.74. The Kier molecular flexibility index (Phi) is 7.86. The number of nitrogens with zero attached hydrogens (tertiary/aromatic N) is 4. The zero-order valence-corrected chi connectivity index (χ0v) is 17.2. The van der Waals surface area contributed by atoms with Gasteiger partial charge in [0.05, 0.1) is 23.8 Å². The van der Waals surface area contributed by atoms with Crippen molar-refractivity contribution in [1.82, 2.24) is 20.2 Å². The number of nitrogens with one attached hydrogen (secondary N) is 1. The average Bonchev–Trinajstić information content (AvgIpc) is 3.08. The van der Waals surface area contributed by atoms with Gasteiger partial charge in [-0.2, -0.15) is 13.2 Å². The van der Waals surface area contributed by atoms with Crippen LogP contribution >= 0.6 is 46.7 Å². The van der Waals surface area contributed by atoms with Crippen molar-refractivity contribution in [1.29, 1.82) is 0 Å². The van der Waals surface area contributed by atoms with E-state index in [1.165, 1.54) is 0 Å². The number of hydrogen-bond acceptors (Lipinski definition) is 5. The van der Waals surface area contributed by atoms with Crippen LogP contribution in [-0.4, -0.2) is 34.9 Å². The van der Waals surface area contributed by atoms with Crippen molar-refractivity contribution in [3.8, 4) is 0 Å². The summed E-state index contributed by atoms with van der Waals surface area (Å²) >= 11 is 2.54. The van der Waals surface area contributed by atoms with E-state index in [0.29, 0.717) is 17.5 Å². The molecule has 0 aliphatic rings. The lowest BCUT2D eigenvalue weighted by atomic mass is 10.4. The van der Waals surface area contributed by atoms with Crippen LogP contribution in [0.4, 0.5) is 13.2 Å². The molecule has 0 aliphatic carbocycles. The third-order valence-corrected chi connectivity index (χ3v) is 4.55. The van der Waals surface area contributed by atoms with Crippen LogP contribution in [0.2, 0.25) is 0 Å². The first-order valence-electron chi connectivity index (χ1n) is 6.64. The van der Waals surface area contributed by atoms with Crippen LogP contribution in [0.5, 0.6) is 0 Å². The SMILES string of the molecule is CN=C(NCc1nc(C(F)(F)F)cs1)N(C)Cc1csc(C)n1.I. The van der Waals surface area contributed by atoms with Gasteiger partial charge in [-0.15, -0.1) is 46.7 Å². The Morgan fingerprint density at radius 1 is 1.29 bits per heavy atom. The molecule has 0 saturated heterocycles. The molecule has 2 aromatic heterocycles. The molecule has 0 aliphatic heterocycles. The van der Waals surface area contributed by atoms with Crippen molar-refractivity contribution in [2.45, 2.75) is 26.2 Å². The van der Waals surface area contributed by atoms with E-state index in [-0.39, 0.29) is 30.5 Å². The first kappa shape index (κ1) is 21.1. The summed E-state index contributed by atoms with van der Waals surface area (Å²) in [5.74, 6) is 0.569. The van der Waals surface area contributed by atoms with Gasteiger partial charge in [-0.25, -0.2) is 9.97 Å². The minimum absolute atomic E-state index is 0. The van der Waals surface area contributed by atoms with E-state index in [1.807, 2.05) is 24.3 Å². The highest BCUT2D eigenvalue weighted by Gasteiger charge is 2.33. The van der Waals surface area contributed by atoms with Gasteiger partial charge in [-0.05, 0) is 6.92 Å². The zero-order chi connectivity index (χ0) is 17.0. The number of alkyl halides is 3. The molecule has 0 unspecified atom stereocenters. The van der Waals surface area contributed by atoms with Gasteiger partial charge in [-0.3, -0.25) is 4.99 Å². The van der Waals surface area contributed by atoms with Gasteiger partial charge in [0.2, 0.25) is 0 Å². The summed E-state index contributed by atoms with van der Waals surface area (Å²) in [6, 6.07) is 0. The largest absolute Gasteiger partial charge is 0.434 e. The maximum absolute atomic E-state index is 12.5. The Labute approximate surface area is 163 Å². The minimum Gasteiger partial charge on any atom is -0.350 e. The van der Waals surface area contributed by atoms with Gasteiger partial charge in [0, 0.05) is 24.9 Å². The maximum atomic E-state index is 12.5. The van der Waals surface area contributed by atoms with E-state index in [2.05, 4.69) is 20.3 Å². The predicted molar refractivity (Wildman–Crippen MR) is 101 cm³/mol. The smallest absolute Gasteiger partial charge is 0.350 e. The number of halogens is 4. The van der Waals surface area contributed by atoms with E-state index < -0.39 is 11.9 Å². The van der Waals surface area contributed by atoms with Crippen LogP contribution in [0.1, 0.15) is 21.4 Å². The number of aromatic nitrogens is 2. The molecule has 0 atom stereocenters. The lowest BCUT2D eigenvalue weighted by molar-refractivity contribution is -0.140. The molecular weight excluding hydrogens is 474 g/mol. The average molecular weight is 491 g/mol. The number of hydrogen-bond donors (Lipinski definition) is 1. The highest BCUT2D eigenvalue weighted by molar-refractivity contribution is 14.0. The summed E-state index contributed by atoms with van der Waals surface area (Å²) in [5.41, 5.74) is 0.0622. The number of rotatable bonds is 4. The first-order chi connectivity index (χ1) is 10.8. The van der Waals surface area contributed by atoms with Gasteiger partial charge in [0.25, 0.3) is 0 Å². The van der Waals surface area contributed by atoms with E-state index in [0.717, 1.165) is 27.4 Å². The van der Waals surface area contributed by atoms with Crippen molar-refractivity contribution >= 4 is 52.6 Å². The molecule has 0 saturated carbocycles. The van der Waals surface area contributed by atoms with Crippen molar-refractivity contribution in [2.75, 3.05) is 14.1 Å². The Balaban J connectivity index is 0.00000288. The summed E-state index contributed by atoms with van der Waals surface area (Å²) in [7, 11) is 3.46. The van der Waals surface area contributed by atoms with E-state index >= 15 is 0 Å². The fraction of sp³-hybridized carbons (Fsp3) is 0.462. The molecule has 2 aromatic rings. The summed E-state index contributed by atoms with van der Waals surface area (Å²) in [6.07, 6.45) is -4.41. The van der Waals surface area contributed by atoms with Crippen molar-refractivity contribution in [2.24, 2.45) is 4.99 Å². The van der Waals surface area contributed by atoms with Gasteiger partial charge in [0.1, 0.15) is 5.01 Å². The Hall–Kier alpha value is -0.950. The number of guanidine groups is 1. The molecule has 0 spiro atoms. The standard InChI is InChI=1S/C13H16F3N5S2.HI/c1-8-19-9(6-22-8)5-21(3)12(17-2)18-4-11-20-10(7-23-11)13(14,15)16;/h6-7H,4-5H2,1-3H3,(H,17,18);1H. The number of aryl methyl sites for hydroxylation is 1. The predicted octanol–water partition coefficient (Wildman–Crippen LogP) is 3.75. The topological polar surface area (TPSA) is 53.4 Å². The molecule has 0 fully saturated rings. The van der Waals surface area contributed by atoms with Crippen molar-refractivity contribution in [3.63, 3.8) is 0 Å². The molecule has 0 amide bonds. The Bertz CT molecular complexity index is 683. The second kappa shape index (κ2) is 8.94. The molecule has 24 heavy (non-hydrogen) atoms. The lowest BCUT2D eigenvalue weighted by Gasteiger charge is -2.20. The summed E-state index contributed by atoms with van der Waals surface area (Å²) in [4.78, 5) is 13.9. The van der Waals surface area contributed by atoms with Gasteiger partial charge in [-0.1, -0.05) is 0 Å². The molecule has 5 nitrogen and oxygen atoms in total. The highest BCUT2D eigenvalue weighted by Crippen LogP contribution is 2.29. The molecule has 1 N–H and O–H groups in total. The van der Waals surface area contributed by atoms with Crippen LogP contribution in [0.3, 0.4) is 0 Å². The van der Waals surface area contributed by atoms with Gasteiger partial charge < -0.3 is 10.2 Å². The Morgan fingerprint density at radius 2 is 2.00 bits per heavy atom. The highest BCUT2D eigenvalue weighted by atomic mass is 127. The molecular formula is C13H17F3IN5S2. The second-order valence-corrected chi connectivity index (χ2v) is 6.74. The maximum Gasteiger partial charge on any atom is 0.434 e. The third kappa shape index (κ3) is 5.84. The van der Waals surface area contributed by atoms with Crippen LogP contribution < -0.4 is 5.32 Å². The van der Waals surface area contributed by atoms with Gasteiger partial charge in [0.15, 0.2) is 11.7 Å². The Morgan fingerprint density at radius 3 is 2.50 bits per heavy atom. The summed E-state index contributed by atoms with van der Waals surface area (Å²) < 4.78 is 37.6. The van der Waals surface area contributed by atoms with Crippen LogP contribution in [0.25, 0.3) is 0 Å². The van der Waals surface area contributed by atoms with Crippen LogP contribution in [0, 0.1) is 6.92 Å². The third-order valence-electron chi connectivity index (χ3n) is 2.88. The molecule has 2 heterocycles. The fourth-order valence-electron chi connectivity index (χ4n) is 1.86. The zero-order valence-electron chi connectivity index (χ0n) is 13.2. The fourth-order valence-corrected chi connectivity index (χ4v) is 3.20. The molecule has 0 bridgehead atoms. The normalized spacial score (nSPS) is 12.0. The number of thiazole rings is 2. The number of aliphatic imine (C=N–C) groups is 1. The molecule has 11 heteroatoms. The van der Waals surface area contributed by atoms with E-state index in [9.17, 15) is 13.2 Å². The van der Waals surface area contributed by atoms with Gasteiger partial charge >= 0.3 is 6.18 Å². The minimum atomic E-state index is -4.41. The van der Waals surface area contributed by atoms with E-state index in [1.54, 1.807) is 18.4 Å². The van der Waals surface area contributed by atoms with Crippen molar-refractivity contribution < 1.29 is 13.2 Å². The van der Waals surface area contributed by atoms with Crippen molar-refractivity contribution in [3.05, 3.63) is 32.2 Å². The monoisotopic (exact) mass is 491 g/mol. The van der Waals surface area contributed by atoms with E-state index in [4.69, 9.17) is 0 Å². The first-order valence-corrected chi connectivity index (χ1v) is 8.40. The quantitative estimate of drug-likeness (QED) is 0.402. The van der Waals surface area contributed by atoms with Crippen LogP contribution in [0.15, 0.2) is 15.8 Å². The molecule has 134 valence electrons. The summed E-state index contributed by atoms with van der Waals surface area (Å²) in [5, 5.41) is 7.34. The summed E-state index contributed by atoms with van der Waals surface area (Å²) in [6.45, 7) is 2.69. The molecule has 0 aromatic carbocycles.